The Labute approximate surface area is 172 Å². The molecule has 2 N–H and O–H groups in total. The lowest BCUT2D eigenvalue weighted by Gasteiger charge is -2.21. The van der Waals surface area contributed by atoms with E-state index in [1.807, 2.05) is 60.4 Å². The third-order valence-corrected chi connectivity index (χ3v) is 5.13. The maximum atomic E-state index is 13.1. The van der Waals surface area contributed by atoms with E-state index in [0.717, 1.165) is 37.1 Å². The molecule has 1 aliphatic heterocycles. The van der Waals surface area contributed by atoms with Crippen molar-refractivity contribution in [2.24, 2.45) is 0 Å². The minimum atomic E-state index is -0.490. The number of anilines is 1. The summed E-state index contributed by atoms with van der Waals surface area (Å²) >= 11 is 0. The van der Waals surface area contributed by atoms with Crippen LogP contribution in [0.1, 0.15) is 36.4 Å². The number of nitrogens with zero attached hydrogens (tertiary/aromatic N) is 1. The monoisotopic (exact) mass is 395 g/mol. The zero-order valence-electron chi connectivity index (χ0n) is 17.1. The molecule has 1 atom stereocenters. The minimum Gasteiger partial charge on any atom is -0.495 e. The van der Waals surface area contributed by atoms with Crippen molar-refractivity contribution < 1.29 is 14.3 Å². The van der Waals surface area contributed by atoms with E-state index in [-0.39, 0.29) is 11.8 Å². The fourth-order valence-corrected chi connectivity index (χ4v) is 3.59. The lowest BCUT2D eigenvalue weighted by Crippen LogP contribution is -2.35. The van der Waals surface area contributed by atoms with Gasteiger partial charge >= 0.3 is 0 Å². The van der Waals surface area contributed by atoms with E-state index in [4.69, 9.17) is 4.74 Å². The summed E-state index contributed by atoms with van der Waals surface area (Å²) in [5, 5.41) is 6.36. The molecule has 2 aromatic carbocycles. The van der Waals surface area contributed by atoms with Gasteiger partial charge in [0.15, 0.2) is 0 Å². The van der Waals surface area contributed by atoms with Crippen LogP contribution in [0.25, 0.3) is 0 Å². The zero-order valence-corrected chi connectivity index (χ0v) is 17.1. The second-order valence-corrected chi connectivity index (χ2v) is 7.33. The Kier molecular flexibility index (Phi) is 7.25. The number of amides is 2. The van der Waals surface area contributed by atoms with E-state index < -0.39 is 6.04 Å². The Balaban J connectivity index is 1.66. The molecule has 1 fully saturated rings. The third-order valence-electron chi connectivity index (χ3n) is 5.13. The SMILES string of the molecule is COc1ccc(C)cc1NC(=O)C(NCCCN1CCCC1=O)c1ccccc1. The number of methoxy groups -OCH3 is 1. The van der Waals surface area contributed by atoms with Crippen LogP contribution < -0.4 is 15.4 Å². The van der Waals surface area contributed by atoms with Crippen LogP contribution in [0.3, 0.4) is 0 Å². The van der Waals surface area contributed by atoms with Crippen LogP contribution in [0.15, 0.2) is 48.5 Å². The van der Waals surface area contributed by atoms with Crippen molar-refractivity contribution in [1.29, 1.82) is 0 Å². The van der Waals surface area contributed by atoms with Crippen LogP contribution in [-0.4, -0.2) is 43.5 Å². The first-order chi connectivity index (χ1) is 14.1. The second kappa shape index (κ2) is 10.1. The average molecular weight is 396 g/mol. The normalized spacial score (nSPS) is 14.7. The standard InChI is InChI=1S/C23H29N3O3/c1-17-11-12-20(29-2)19(16-17)25-23(28)22(18-8-4-3-5-9-18)24-13-7-15-26-14-6-10-21(26)27/h3-5,8-9,11-12,16,22,24H,6-7,10,13-15H2,1-2H3,(H,25,28). The smallest absolute Gasteiger partial charge is 0.246 e. The molecule has 1 aliphatic rings. The van der Waals surface area contributed by atoms with Crippen molar-refractivity contribution in [1.82, 2.24) is 10.2 Å². The molecule has 0 aromatic heterocycles. The highest BCUT2D eigenvalue weighted by atomic mass is 16.5. The molecule has 0 spiro atoms. The predicted octanol–water partition coefficient (Wildman–Crippen LogP) is 3.29. The van der Waals surface area contributed by atoms with Gasteiger partial charge in [0, 0.05) is 19.5 Å². The minimum absolute atomic E-state index is 0.141. The largest absolute Gasteiger partial charge is 0.495 e. The lowest BCUT2D eigenvalue weighted by atomic mass is 10.1. The van der Waals surface area contributed by atoms with Gasteiger partial charge in [0.2, 0.25) is 11.8 Å². The first kappa shape index (κ1) is 20.9. The summed E-state index contributed by atoms with van der Waals surface area (Å²) in [6.45, 7) is 4.18. The number of nitrogens with one attached hydrogen (secondary N) is 2. The highest BCUT2D eigenvalue weighted by molar-refractivity contribution is 5.96. The molecule has 2 amide bonds. The molecule has 2 aromatic rings. The van der Waals surface area contributed by atoms with Crippen LogP contribution in [0.2, 0.25) is 0 Å². The molecular weight excluding hydrogens is 366 g/mol. The molecule has 1 unspecified atom stereocenters. The van der Waals surface area contributed by atoms with E-state index in [1.165, 1.54) is 0 Å². The van der Waals surface area contributed by atoms with E-state index in [9.17, 15) is 9.59 Å². The van der Waals surface area contributed by atoms with Gasteiger partial charge in [0.25, 0.3) is 0 Å². The van der Waals surface area contributed by atoms with E-state index >= 15 is 0 Å². The Morgan fingerprint density at radius 1 is 1.21 bits per heavy atom. The summed E-state index contributed by atoms with van der Waals surface area (Å²) in [7, 11) is 1.59. The number of rotatable bonds is 9. The van der Waals surface area contributed by atoms with Crippen LogP contribution in [0, 0.1) is 6.92 Å². The fraction of sp³-hybridized carbons (Fsp3) is 0.391. The Morgan fingerprint density at radius 3 is 2.69 bits per heavy atom. The summed E-state index contributed by atoms with van der Waals surface area (Å²) < 4.78 is 5.38. The van der Waals surface area contributed by atoms with Gasteiger partial charge < -0.3 is 20.3 Å². The van der Waals surface area contributed by atoms with Crippen LogP contribution >= 0.6 is 0 Å². The summed E-state index contributed by atoms with van der Waals surface area (Å²) in [5.41, 5.74) is 2.59. The first-order valence-electron chi connectivity index (χ1n) is 10.1. The molecule has 29 heavy (non-hydrogen) atoms. The highest BCUT2D eigenvalue weighted by Crippen LogP contribution is 2.26. The van der Waals surface area contributed by atoms with E-state index in [1.54, 1.807) is 7.11 Å². The van der Waals surface area contributed by atoms with Gasteiger partial charge in [-0.2, -0.15) is 0 Å². The Bertz CT molecular complexity index is 839. The van der Waals surface area contributed by atoms with Crippen molar-refractivity contribution >= 4 is 17.5 Å². The van der Waals surface area contributed by atoms with E-state index in [2.05, 4.69) is 10.6 Å². The molecule has 0 saturated carbocycles. The number of benzene rings is 2. The van der Waals surface area contributed by atoms with Gasteiger partial charge in [-0.05, 0) is 49.6 Å². The summed E-state index contributed by atoms with van der Waals surface area (Å²) in [5.74, 6) is 0.717. The first-order valence-corrected chi connectivity index (χ1v) is 10.1. The molecule has 0 aliphatic carbocycles. The Hall–Kier alpha value is -2.86. The van der Waals surface area contributed by atoms with Crippen molar-refractivity contribution in [2.75, 3.05) is 32.1 Å². The van der Waals surface area contributed by atoms with Crippen LogP contribution in [0.5, 0.6) is 5.75 Å². The van der Waals surface area contributed by atoms with Crippen molar-refractivity contribution in [3.8, 4) is 5.75 Å². The zero-order chi connectivity index (χ0) is 20.6. The van der Waals surface area contributed by atoms with Gasteiger partial charge in [-0.3, -0.25) is 9.59 Å². The predicted molar refractivity (Wildman–Crippen MR) is 114 cm³/mol. The van der Waals surface area contributed by atoms with Gasteiger partial charge in [-0.1, -0.05) is 36.4 Å². The molecule has 154 valence electrons. The van der Waals surface area contributed by atoms with Crippen molar-refractivity contribution in [3.63, 3.8) is 0 Å². The maximum Gasteiger partial charge on any atom is 0.246 e. The number of hydrogen-bond donors (Lipinski definition) is 2. The molecule has 0 radical (unpaired) electrons. The van der Waals surface area contributed by atoms with E-state index in [0.29, 0.717) is 24.4 Å². The summed E-state index contributed by atoms with van der Waals surface area (Å²) in [4.78, 5) is 26.8. The molecule has 0 bridgehead atoms. The van der Waals surface area contributed by atoms with Gasteiger partial charge in [-0.25, -0.2) is 0 Å². The number of hydrogen-bond acceptors (Lipinski definition) is 4. The fourth-order valence-electron chi connectivity index (χ4n) is 3.59. The molecule has 6 heteroatoms. The topological polar surface area (TPSA) is 70.7 Å². The van der Waals surface area contributed by atoms with Gasteiger partial charge in [0.1, 0.15) is 11.8 Å². The van der Waals surface area contributed by atoms with Crippen LogP contribution in [0.4, 0.5) is 5.69 Å². The molecule has 1 saturated heterocycles. The molecular formula is C23H29N3O3. The number of likely N-dealkylation sites (tertiary alicyclic amines) is 1. The average Bonchev–Trinajstić information content (AvgIpc) is 3.13. The van der Waals surface area contributed by atoms with Crippen molar-refractivity contribution in [3.05, 3.63) is 59.7 Å². The summed E-state index contributed by atoms with van der Waals surface area (Å²) in [6.07, 6.45) is 2.40. The lowest BCUT2D eigenvalue weighted by molar-refractivity contribution is -0.127. The number of carbonyl (C=O) groups is 2. The highest BCUT2D eigenvalue weighted by Gasteiger charge is 2.22. The van der Waals surface area contributed by atoms with Gasteiger partial charge in [0.05, 0.1) is 12.8 Å². The molecule has 6 nitrogen and oxygen atoms in total. The quantitative estimate of drug-likeness (QED) is 0.639. The maximum absolute atomic E-state index is 13.1. The third kappa shape index (κ3) is 5.57. The number of carbonyl (C=O) groups excluding carboxylic acids is 2. The number of aryl methyl sites for hydroxylation is 1. The van der Waals surface area contributed by atoms with Gasteiger partial charge in [-0.15, -0.1) is 0 Å². The van der Waals surface area contributed by atoms with Crippen LogP contribution in [-0.2, 0) is 9.59 Å². The second-order valence-electron chi connectivity index (χ2n) is 7.33. The molecule has 1 heterocycles. The number of ether oxygens (including phenoxy) is 1. The molecule has 3 rings (SSSR count). The summed E-state index contributed by atoms with van der Waals surface area (Å²) in [6, 6.07) is 14.9. The van der Waals surface area contributed by atoms with Crippen molar-refractivity contribution in [2.45, 2.75) is 32.2 Å². The Morgan fingerprint density at radius 2 is 2.00 bits per heavy atom.